The molecule has 1 aromatic heterocycles. The molecule has 0 amide bonds. The number of halogens is 1. The summed E-state index contributed by atoms with van der Waals surface area (Å²) in [6, 6.07) is 9.95. The Morgan fingerprint density at radius 1 is 1.43 bits per heavy atom. The number of carbonyl (C=O) groups excluding carboxylic acids is 1. The summed E-state index contributed by atoms with van der Waals surface area (Å²) in [5.74, 6) is 0.917. The molecule has 5 heteroatoms. The zero-order valence-corrected chi connectivity index (χ0v) is 13.9. The molecule has 0 spiro atoms. The van der Waals surface area contributed by atoms with Crippen molar-refractivity contribution in [1.82, 2.24) is 5.32 Å². The van der Waals surface area contributed by atoms with Crippen LogP contribution in [0.5, 0.6) is 0 Å². The maximum absolute atomic E-state index is 11.5. The highest BCUT2D eigenvalue weighted by Gasteiger charge is 2.16. The van der Waals surface area contributed by atoms with Crippen molar-refractivity contribution < 1.29 is 13.9 Å². The van der Waals surface area contributed by atoms with Crippen LogP contribution >= 0.6 is 15.9 Å². The first-order chi connectivity index (χ1) is 10.0. The molecule has 21 heavy (non-hydrogen) atoms. The van der Waals surface area contributed by atoms with Crippen LogP contribution in [0.3, 0.4) is 0 Å². The second-order valence-corrected chi connectivity index (χ2v) is 5.65. The average Bonchev–Trinajstić information content (AvgIpc) is 2.85. The van der Waals surface area contributed by atoms with Gasteiger partial charge in [-0.05, 0) is 31.5 Å². The number of nitrogens with one attached hydrogen (secondary N) is 1. The zero-order valence-electron chi connectivity index (χ0n) is 12.3. The third kappa shape index (κ3) is 3.74. The number of carbonyl (C=O) groups is 1. The Morgan fingerprint density at radius 2 is 2.14 bits per heavy atom. The highest BCUT2D eigenvalue weighted by molar-refractivity contribution is 9.10. The smallest absolute Gasteiger partial charge is 0.341 e. The first-order valence-corrected chi connectivity index (χ1v) is 7.47. The van der Waals surface area contributed by atoms with Crippen molar-refractivity contribution in [3.05, 3.63) is 57.5 Å². The van der Waals surface area contributed by atoms with Crippen molar-refractivity contribution in [3.63, 3.8) is 0 Å². The first-order valence-electron chi connectivity index (χ1n) is 6.68. The molecule has 0 radical (unpaired) electrons. The van der Waals surface area contributed by atoms with Crippen LogP contribution in [0.1, 0.15) is 40.4 Å². The van der Waals surface area contributed by atoms with Crippen LogP contribution in [0.25, 0.3) is 0 Å². The van der Waals surface area contributed by atoms with E-state index in [0.717, 1.165) is 4.47 Å². The molecule has 0 aliphatic rings. The number of hydrogen-bond donors (Lipinski definition) is 1. The van der Waals surface area contributed by atoms with Gasteiger partial charge in [-0.15, -0.1) is 0 Å². The van der Waals surface area contributed by atoms with E-state index in [1.807, 2.05) is 18.2 Å². The Bertz CT molecular complexity index is 636. The molecule has 1 unspecified atom stereocenters. The van der Waals surface area contributed by atoms with E-state index < -0.39 is 0 Å². The Labute approximate surface area is 132 Å². The molecule has 0 saturated carbocycles. The second kappa shape index (κ2) is 6.91. The Hall–Kier alpha value is -1.59. The van der Waals surface area contributed by atoms with Gasteiger partial charge in [0, 0.05) is 10.5 Å². The molecular formula is C16H18BrNO3. The van der Waals surface area contributed by atoms with Crippen molar-refractivity contribution in [1.29, 1.82) is 0 Å². The number of ether oxygens (including phenoxy) is 1. The van der Waals surface area contributed by atoms with Gasteiger partial charge in [-0.25, -0.2) is 4.79 Å². The van der Waals surface area contributed by atoms with Crippen LogP contribution in [0.2, 0.25) is 0 Å². The van der Waals surface area contributed by atoms with Gasteiger partial charge in [0.15, 0.2) is 0 Å². The van der Waals surface area contributed by atoms with Crippen LogP contribution in [-0.2, 0) is 11.3 Å². The summed E-state index contributed by atoms with van der Waals surface area (Å²) >= 11 is 3.54. The monoisotopic (exact) mass is 351 g/mol. The fourth-order valence-electron chi connectivity index (χ4n) is 2.13. The summed E-state index contributed by atoms with van der Waals surface area (Å²) in [6.45, 7) is 4.38. The number of hydrogen-bond acceptors (Lipinski definition) is 4. The molecule has 1 atom stereocenters. The normalized spacial score (nSPS) is 12.2. The lowest BCUT2D eigenvalue weighted by molar-refractivity contribution is 0.0599. The highest BCUT2D eigenvalue weighted by atomic mass is 79.9. The van der Waals surface area contributed by atoms with Crippen LogP contribution in [0, 0.1) is 6.92 Å². The van der Waals surface area contributed by atoms with E-state index in [1.54, 1.807) is 13.0 Å². The van der Waals surface area contributed by atoms with Gasteiger partial charge in [-0.2, -0.15) is 0 Å². The Morgan fingerprint density at radius 3 is 2.81 bits per heavy atom. The molecule has 4 nitrogen and oxygen atoms in total. The molecule has 2 aromatic rings. The molecule has 1 heterocycles. The van der Waals surface area contributed by atoms with E-state index in [4.69, 9.17) is 9.15 Å². The summed E-state index contributed by atoms with van der Waals surface area (Å²) in [5, 5.41) is 3.38. The third-order valence-electron chi connectivity index (χ3n) is 3.33. The third-order valence-corrected chi connectivity index (χ3v) is 4.05. The highest BCUT2D eigenvalue weighted by Crippen LogP contribution is 2.23. The summed E-state index contributed by atoms with van der Waals surface area (Å²) in [4.78, 5) is 11.5. The Balaban J connectivity index is 2.03. The standard InChI is InChI=1S/C16H18BrNO3/c1-10(13-6-4-5-7-15(13)17)18-9-12-8-14(11(2)21-12)16(19)20-3/h4-8,10,18H,9H2,1-3H3. The molecule has 0 fully saturated rings. The molecule has 0 bridgehead atoms. The van der Waals surface area contributed by atoms with Crippen molar-refractivity contribution in [2.45, 2.75) is 26.4 Å². The van der Waals surface area contributed by atoms with E-state index in [0.29, 0.717) is 23.6 Å². The lowest BCUT2D eigenvalue weighted by Gasteiger charge is -2.14. The van der Waals surface area contributed by atoms with Crippen LogP contribution in [0.4, 0.5) is 0 Å². The molecule has 1 aromatic carbocycles. The van der Waals surface area contributed by atoms with E-state index in [9.17, 15) is 4.79 Å². The predicted molar refractivity (Wildman–Crippen MR) is 84.2 cm³/mol. The molecule has 2 rings (SSSR count). The summed E-state index contributed by atoms with van der Waals surface area (Å²) < 4.78 is 11.4. The van der Waals surface area contributed by atoms with Gasteiger partial charge in [0.1, 0.15) is 17.1 Å². The van der Waals surface area contributed by atoms with Gasteiger partial charge in [0.25, 0.3) is 0 Å². The molecule has 112 valence electrons. The van der Waals surface area contributed by atoms with Crippen LogP contribution in [-0.4, -0.2) is 13.1 Å². The van der Waals surface area contributed by atoms with Gasteiger partial charge in [0.05, 0.1) is 13.7 Å². The van der Waals surface area contributed by atoms with Gasteiger partial charge in [-0.3, -0.25) is 0 Å². The summed E-state index contributed by atoms with van der Waals surface area (Å²) in [6.07, 6.45) is 0. The minimum absolute atomic E-state index is 0.160. The molecule has 0 aliphatic heterocycles. The largest absolute Gasteiger partial charge is 0.465 e. The fourth-order valence-corrected chi connectivity index (χ4v) is 2.76. The van der Waals surface area contributed by atoms with Crippen LogP contribution < -0.4 is 5.32 Å². The predicted octanol–water partition coefficient (Wildman–Crippen LogP) is 3.99. The van der Waals surface area contributed by atoms with Crippen LogP contribution in [0.15, 0.2) is 39.2 Å². The van der Waals surface area contributed by atoms with E-state index in [-0.39, 0.29) is 12.0 Å². The van der Waals surface area contributed by atoms with Gasteiger partial charge in [-0.1, -0.05) is 34.1 Å². The number of furan rings is 1. The maximum Gasteiger partial charge on any atom is 0.341 e. The van der Waals surface area contributed by atoms with Crippen molar-refractivity contribution in [2.24, 2.45) is 0 Å². The first kappa shape index (κ1) is 15.8. The number of esters is 1. The molecule has 1 N–H and O–H groups in total. The van der Waals surface area contributed by atoms with E-state index in [1.165, 1.54) is 12.7 Å². The maximum atomic E-state index is 11.5. The minimum atomic E-state index is -0.374. The number of aryl methyl sites for hydroxylation is 1. The van der Waals surface area contributed by atoms with Crippen molar-refractivity contribution in [3.8, 4) is 0 Å². The van der Waals surface area contributed by atoms with E-state index >= 15 is 0 Å². The Kier molecular flexibility index (Phi) is 5.20. The zero-order chi connectivity index (χ0) is 15.4. The van der Waals surface area contributed by atoms with Gasteiger partial charge < -0.3 is 14.5 Å². The SMILES string of the molecule is COC(=O)c1cc(CNC(C)c2ccccc2Br)oc1C. The van der Waals surface area contributed by atoms with E-state index in [2.05, 4.69) is 34.2 Å². The second-order valence-electron chi connectivity index (χ2n) is 4.80. The molecule has 0 saturated heterocycles. The topological polar surface area (TPSA) is 51.5 Å². The fraction of sp³-hybridized carbons (Fsp3) is 0.312. The quantitative estimate of drug-likeness (QED) is 0.827. The van der Waals surface area contributed by atoms with Gasteiger partial charge >= 0.3 is 5.97 Å². The average molecular weight is 352 g/mol. The molecule has 0 aliphatic carbocycles. The lowest BCUT2D eigenvalue weighted by Crippen LogP contribution is -2.18. The molecular weight excluding hydrogens is 334 g/mol. The number of methoxy groups -OCH3 is 1. The lowest BCUT2D eigenvalue weighted by atomic mass is 10.1. The number of benzene rings is 1. The summed E-state index contributed by atoms with van der Waals surface area (Å²) in [5.41, 5.74) is 1.65. The minimum Gasteiger partial charge on any atom is -0.465 e. The van der Waals surface area contributed by atoms with Crippen molar-refractivity contribution in [2.75, 3.05) is 7.11 Å². The van der Waals surface area contributed by atoms with Gasteiger partial charge in [0.2, 0.25) is 0 Å². The summed E-state index contributed by atoms with van der Waals surface area (Å²) in [7, 11) is 1.36. The number of rotatable bonds is 5. The van der Waals surface area contributed by atoms with Crippen molar-refractivity contribution >= 4 is 21.9 Å².